The molecule has 0 fully saturated rings. The summed E-state index contributed by atoms with van der Waals surface area (Å²) in [5.74, 6) is -1.18. The van der Waals surface area contributed by atoms with Crippen LogP contribution in [0, 0.1) is 0 Å². The van der Waals surface area contributed by atoms with Crippen molar-refractivity contribution in [2.75, 3.05) is 14.2 Å². The first-order valence-corrected chi connectivity index (χ1v) is 3.46. The van der Waals surface area contributed by atoms with Gasteiger partial charge in [-0.1, -0.05) is 6.92 Å². The van der Waals surface area contributed by atoms with Crippen LogP contribution >= 0.6 is 0 Å². The summed E-state index contributed by atoms with van der Waals surface area (Å²) in [6, 6.07) is 0. The number of hydrogen-bond acceptors (Lipinski definition) is 4. The number of carbonyl (C=O) groups is 1. The molecule has 0 rings (SSSR count). The van der Waals surface area contributed by atoms with Crippen LogP contribution in [0.15, 0.2) is 0 Å². The zero-order valence-corrected chi connectivity index (χ0v) is 7.12. The molecule has 0 atom stereocenters. The molecule has 11 heavy (non-hydrogen) atoms. The van der Waals surface area contributed by atoms with Crippen molar-refractivity contribution in [1.29, 1.82) is 0 Å². The average molecular weight is 162 g/mol. The van der Waals surface area contributed by atoms with Gasteiger partial charge in [0.05, 0.1) is 0 Å². The number of rotatable bonds is 6. The fourth-order valence-electron chi connectivity index (χ4n) is 0.822. The van der Waals surface area contributed by atoms with E-state index in [0.717, 1.165) is 6.42 Å². The summed E-state index contributed by atoms with van der Waals surface area (Å²) in [4.78, 5) is 10.0. The van der Waals surface area contributed by atoms with Gasteiger partial charge >= 0.3 is 5.97 Å². The molecule has 0 heterocycles. The van der Waals surface area contributed by atoms with Crippen LogP contribution in [0.25, 0.3) is 0 Å². The molecule has 0 aliphatic carbocycles. The van der Waals surface area contributed by atoms with Crippen LogP contribution in [0.4, 0.5) is 0 Å². The molecule has 66 valence electrons. The SMILES string of the molecule is CCCC(OC)(OC)OC=O. The highest BCUT2D eigenvalue weighted by molar-refractivity contribution is 5.37. The lowest BCUT2D eigenvalue weighted by molar-refractivity contribution is -0.341. The zero-order chi connectivity index (χ0) is 8.74. The normalized spacial score (nSPS) is 11.2. The summed E-state index contributed by atoms with van der Waals surface area (Å²) in [7, 11) is 2.87. The van der Waals surface area contributed by atoms with Gasteiger partial charge in [0.1, 0.15) is 0 Å². The second-order valence-corrected chi connectivity index (χ2v) is 2.06. The van der Waals surface area contributed by atoms with E-state index in [2.05, 4.69) is 4.74 Å². The minimum Gasteiger partial charge on any atom is -0.410 e. The Morgan fingerprint density at radius 3 is 2.18 bits per heavy atom. The van der Waals surface area contributed by atoms with Crippen LogP contribution in [0.2, 0.25) is 0 Å². The summed E-state index contributed by atoms with van der Waals surface area (Å²) < 4.78 is 14.4. The first-order valence-electron chi connectivity index (χ1n) is 3.46. The molecule has 4 heteroatoms. The molecule has 0 aromatic rings. The predicted octanol–water partition coefficient (Wildman–Crippen LogP) is 0.906. The minimum absolute atomic E-state index is 0.322. The highest BCUT2D eigenvalue weighted by atomic mass is 16.9. The Hall–Kier alpha value is -0.610. The fourth-order valence-corrected chi connectivity index (χ4v) is 0.822. The van der Waals surface area contributed by atoms with Gasteiger partial charge in [-0.15, -0.1) is 0 Å². The van der Waals surface area contributed by atoms with Gasteiger partial charge in [-0.3, -0.25) is 4.79 Å². The maximum Gasteiger partial charge on any atom is 0.328 e. The molecule has 0 radical (unpaired) electrons. The first kappa shape index (κ1) is 10.4. The first-order chi connectivity index (χ1) is 5.24. The van der Waals surface area contributed by atoms with E-state index >= 15 is 0 Å². The Bertz CT molecular complexity index is 109. The van der Waals surface area contributed by atoms with Crippen LogP contribution in [0.3, 0.4) is 0 Å². The maximum atomic E-state index is 10.0. The lowest BCUT2D eigenvalue weighted by Crippen LogP contribution is -2.36. The Kier molecular flexibility index (Phi) is 4.81. The van der Waals surface area contributed by atoms with Gasteiger partial charge in [0.25, 0.3) is 6.47 Å². The standard InChI is InChI=1S/C7H14O4/c1-4-5-7(9-2,10-3)11-6-8/h6H,4-5H2,1-3H3. The molecule has 0 aromatic carbocycles. The smallest absolute Gasteiger partial charge is 0.328 e. The van der Waals surface area contributed by atoms with Crippen LogP contribution in [0.1, 0.15) is 19.8 Å². The molecular formula is C7H14O4. The Balaban J connectivity index is 4.06. The van der Waals surface area contributed by atoms with Crippen LogP contribution in [0.5, 0.6) is 0 Å². The topological polar surface area (TPSA) is 44.8 Å². The number of carbonyl (C=O) groups excluding carboxylic acids is 1. The Labute approximate surface area is 66.4 Å². The third-order valence-corrected chi connectivity index (χ3v) is 1.41. The van der Waals surface area contributed by atoms with Crippen molar-refractivity contribution >= 4 is 6.47 Å². The molecule has 0 saturated heterocycles. The third-order valence-electron chi connectivity index (χ3n) is 1.41. The lowest BCUT2D eigenvalue weighted by Gasteiger charge is -2.27. The third kappa shape index (κ3) is 2.86. The zero-order valence-electron chi connectivity index (χ0n) is 7.12. The van der Waals surface area contributed by atoms with E-state index in [1.807, 2.05) is 6.92 Å². The summed E-state index contributed by atoms with van der Waals surface area (Å²) in [6.45, 7) is 2.27. The van der Waals surface area contributed by atoms with E-state index < -0.39 is 5.97 Å². The van der Waals surface area contributed by atoms with E-state index in [9.17, 15) is 4.79 Å². The maximum absolute atomic E-state index is 10.0. The van der Waals surface area contributed by atoms with Gasteiger partial charge in [-0.2, -0.15) is 0 Å². The van der Waals surface area contributed by atoms with Gasteiger partial charge in [-0.25, -0.2) is 0 Å². The van der Waals surface area contributed by atoms with Gasteiger partial charge in [0, 0.05) is 20.6 Å². The molecule has 0 saturated carbocycles. The monoisotopic (exact) mass is 162 g/mol. The second-order valence-electron chi connectivity index (χ2n) is 2.06. The predicted molar refractivity (Wildman–Crippen MR) is 38.8 cm³/mol. The molecule has 0 aliphatic heterocycles. The van der Waals surface area contributed by atoms with Gasteiger partial charge in [0.2, 0.25) is 0 Å². The number of methoxy groups -OCH3 is 2. The van der Waals surface area contributed by atoms with Crippen LogP contribution in [-0.2, 0) is 19.0 Å². The van der Waals surface area contributed by atoms with Crippen LogP contribution in [-0.4, -0.2) is 26.7 Å². The average Bonchev–Trinajstić information content (AvgIpc) is 2.04. The molecule has 0 unspecified atom stereocenters. The van der Waals surface area contributed by atoms with Gasteiger partial charge in [-0.05, 0) is 6.42 Å². The van der Waals surface area contributed by atoms with Crippen molar-refractivity contribution in [3.05, 3.63) is 0 Å². The van der Waals surface area contributed by atoms with E-state index in [1.165, 1.54) is 14.2 Å². The minimum atomic E-state index is -1.18. The molecule has 0 amide bonds. The number of hydrogen-bond donors (Lipinski definition) is 0. The Morgan fingerprint density at radius 2 is 1.91 bits per heavy atom. The highest BCUT2D eigenvalue weighted by Crippen LogP contribution is 2.18. The highest BCUT2D eigenvalue weighted by Gasteiger charge is 2.30. The summed E-state index contributed by atoms with van der Waals surface area (Å²) >= 11 is 0. The largest absolute Gasteiger partial charge is 0.410 e. The fraction of sp³-hybridized carbons (Fsp3) is 0.857. The van der Waals surface area contributed by atoms with Crippen molar-refractivity contribution in [3.8, 4) is 0 Å². The molecule has 0 aliphatic rings. The lowest BCUT2D eigenvalue weighted by atomic mass is 10.3. The van der Waals surface area contributed by atoms with E-state index in [4.69, 9.17) is 9.47 Å². The van der Waals surface area contributed by atoms with Crippen molar-refractivity contribution in [2.24, 2.45) is 0 Å². The van der Waals surface area contributed by atoms with Crippen molar-refractivity contribution < 1.29 is 19.0 Å². The van der Waals surface area contributed by atoms with Crippen molar-refractivity contribution in [1.82, 2.24) is 0 Å². The van der Waals surface area contributed by atoms with Crippen molar-refractivity contribution in [2.45, 2.75) is 25.7 Å². The number of ether oxygens (including phenoxy) is 3. The van der Waals surface area contributed by atoms with Crippen LogP contribution < -0.4 is 0 Å². The Morgan fingerprint density at radius 1 is 1.36 bits per heavy atom. The van der Waals surface area contributed by atoms with Gasteiger partial charge < -0.3 is 14.2 Å². The summed E-state index contributed by atoms with van der Waals surface area (Å²) in [6.07, 6.45) is 1.34. The molecule has 4 nitrogen and oxygen atoms in total. The van der Waals surface area contributed by atoms with E-state index in [1.54, 1.807) is 0 Å². The molecular weight excluding hydrogens is 148 g/mol. The molecule has 0 N–H and O–H groups in total. The molecule has 0 spiro atoms. The quantitative estimate of drug-likeness (QED) is 0.430. The molecule has 0 bridgehead atoms. The second kappa shape index (κ2) is 5.09. The van der Waals surface area contributed by atoms with E-state index in [0.29, 0.717) is 12.9 Å². The van der Waals surface area contributed by atoms with Crippen molar-refractivity contribution in [3.63, 3.8) is 0 Å². The summed E-state index contributed by atoms with van der Waals surface area (Å²) in [5, 5.41) is 0. The van der Waals surface area contributed by atoms with Gasteiger partial charge in [0.15, 0.2) is 0 Å². The molecule has 0 aromatic heterocycles. The van der Waals surface area contributed by atoms with E-state index in [-0.39, 0.29) is 0 Å². The summed E-state index contributed by atoms with van der Waals surface area (Å²) in [5.41, 5.74) is 0.